The number of ether oxygens (including phenoxy) is 1. The highest BCUT2D eigenvalue weighted by Gasteiger charge is 2.20. The minimum absolute atomic E-state index is 0.0718. The van der Waals surface area contributed by atoms with Crippen LogP contribution >= 0.6 is 0 Å². The summed E-state index contributed by atoms with van der Waals surface area (Å²) in [7, 11) is 0. The van der Waals surface area contributed by atoms with Crippen LogP contribution in [0.3, 0.4) is 0 Å². The topological polar surface area (TPSA) is 161 Å². The maximum atomic E-state index is 12.3. The Bertz CT molecular complexity index is 849. The van der Waals surface area contributed by atoms with Gasteiger partial charge in [-0.05, 0) is 12.8 Å². The summed E-state index contributed by atoms with van der Waals surface area (Å²) in [5, 5.41) is 11.3. The van der Waals surface area contributed by atoms with Crippen LogP contribution in [0.4, 0.5) is 11.8 Å². The first-order valence-corrected chi connectivity index (χ1v) is 9.59. The Kier molecular flexibility index (Phi) is 7.14. The Hall–Kier alpha value is -2.99. The van der Waals surface area contributed by atoms with Gasteiger partial charge in [-0.25, -0.2) is 10.5 Å². The molecule has 3 rings (SSSR count). The Labute approximate surface area is 167 Å². The molecule has 2 aromatic rings. The predicted octanol–water partition coefficient (Wildman–Crippen LogP) is -0.573. The molecule has 0 saturated carbocycles. The van der Waals surface area contributed by atoms with Gasteiger partial charge in [0.2, 0.25) is 17.8 Å². The van der Waals surface area contributed by atoms with Crippen molar-refractivity contribution in [3.8, 4) is 0 Å². The van der Waals surface area contributed by atoms with Gasteiger partial charge in [0.25, 0.3) is 0 Å². The third-order valence-corrected chi connectivity index (χ3v) is 4.61. The molecule has 1 fully saturated rings. The minimum atomic E-state index is -0.404. The molecule has 0 aromatic carbocycles. The molecule has 12 nitrogen and oxygen atoms in total. The molecule has 3 heterocycles. The number of nitrogens with two attached hydrogens (primary N) is 1. The normalized spacial score (nSPS) is 14.2. The lowest BCUT2D eigenvalue weighted by Gasteiger charge is -2.27. The van der Waals surface area contributed by atoms with Crippen molar-refractivity contribution in [3.05, 3.63) is 6.33 Å². The van der Waals surface area contributed by atoms with E-state index < -0.39 is 5.91 Å². The summed E-state index contributed by atoms with van der Waals surface area (Å²) in [6, 6.07) is 0. The number of morpholine rings is 1. The van der Waals surface area contributed by atoms with E-state index >= 15 is 0 Å². The number of hydroxylamine groups is 1. The lowest BCUT2D eigenvalue weighted by atomic mass is 10.2. The van der Waals surface area contributed by atoms with Crippen molar-refractivity contribution < 1.29 is 19.5 Å². The second-order valence-electron chi connectivity index (χ2n) is 6.75. The number of nitrogens with one attached hydrogen (secondary N) is 2. The minimum Gasteiger partial charge on any atom is -0.378 e. The molecule has 0 radical (unpaired) electrons. The van der Waals surface area contributed by atoms with Crippen molar-refractivity contribution >= 4 is 34.7 Å². The van der Waals surface area contributed by atoms with E-state index in [9.17, 15) is 9.59 Å². The van der Waals surface area contributed by atoms with Crippen LogP contribution in [0.2, 0.25) is 0 Å². The standard InChI is InChI=1S/C17H26N8O4/c18-17-21-15(24-6-8-29-9-7-24)14-16(22-17)25(11-20-14)10-13(27)19-5-3-1-2-4-12(26)23-28/h11,28H,1-10H2,(H,19,27)(H,23,26)(H2,18,21,22). The van der Waals surface area contributed by atoms with Crippen molar-refractivity contribution in [1.82, 2.24) is 30.3 Å². The van der Waals surface area contributed by atoms with E-state index in [1.165, 1.54) is 0 Å². The van der Waals surface area contributed by atoms with E-state index in [0.717, 1.165) is 12.8 Å². The maximum absolute atomic E-state index is 12.3. The second-order valence-corrected chi connectivity index (χ2v) is 6.75. The van der Waals surface area contributed by atoms with Crippen molar-refractivity contribution in [2.75, 3.05) is 43.5 Å². The fourth-order valence-electron chi connectivity index (χ4n) is 3.14. The van der Waals surface area contributed by atoms with Crippen LogP contribution in [-0.2, 0) is 20.9 Å². The highest BCUT2D eigenvalue weighted by Crippen LogP contribution is 2.24. The van der Waals surface area contributed by atoms with Crippen LogP contribution in [0.15, 0.2) is 6.33 Å². The van der Waals surface area contributed by atoms with Gasteiger partial charge in [0.1, 0.15) is 6.54 Å². The molecule has 158 valence electrons. The highest BCUT2D eigenvalue weighted by atomic mass is 16.5. The smallest absolute Gasteiger partial charge is 0.243 e. The van der Waals surface area contributed by atoms with E-state index in [1.807, 2.05) is 0 Å². The van der Waals surface area contributed by atoms with Gasteiger partial charge in [-0.3, -0.25) is 14.8 Å². The molecule has 5 N–H and O–H groups in total. The molecule has 0 bridgehead atoms. The third-order valence-electron chi connectivity index (χ3n) is 4.61. The highest BCUT2D eigenvalue weighted by molar-refractivity contribution is 5.86. The fourth-order valence-corrected chi connectivity index (χ4v) is 3.14. The summed E-state index contributed by atoms with van der Waals surface area (Å²) >= 11 is 0. The van der Waals surface area contributed by atoms with Crippen molar-refractivity contribution in [2.24, 2.45) is 0 Å². The fraction of sp³-hybridized carbons (Fsp3) is 0.588. The molecule has 0 atom stereocenters. The van der Waals surface area contributed by atoms with E-state index in [1.54, 1.807) is 16.4 Å². The zero-order valence-corrected chi connectivity index (χ0v) is 16.1. The van der Waals surface area contributed by atoms with E-state index in [0.29, 0.717) is 56.3 Å². The summed E-state index contributed by atoms with van der Waals surface area (Å²) < 4.78 is 7.03. The monoisotopic (exact) mass is 406 g/mol. The zero-order valence-electron chi connectivity index (χ0n) is 16.1. The van der Waals surface area contributed by atoms with Crippen LogP contribution in [-0.4, -0.2) is 69.4 Å². The average molecular weight is 406 g/mol. The Morgan fingerprint density at radius 3 is 2.72 bits per heavy atom. The number of anilines is 2. The number of hydrogen-bond acceptors (Lipinski definition) is 9. The number of fused-ring (bicyclic) bond motifs is 1. The number of carbonyl (C=O) groups is 2. The van der Waals surface area contributed by atoms with Gasteiger partial charge in [0, 0.05) is 26.1 Å². The summed E-state index contributed by atoms with van der Waals surface area (Å²) in [5.74, 6) is 0.219. The quantitative estimate of drug-likeness (QED) is 0.243. The molecule has 2 aromatic heterocycles. The number of nitrogen functional groups attached to an aromatic ring is 1. The molecule has 1 aliphatic rings. The van der Waals surface area contributed by atoms with Gasteiger partial charge < -0.3 is 25.3 Å². The Morgan fingerprint density at radius 2 is 1.97 bits per heavy atom. The summed E-state index contributed by atoms with van der Waals surface area (Å²) in [6.07, 6.45) is 3.99. The Balaban J connectivity index is 1.55. The largest absolute Gasteiger partial charge is 0.378 e. The molecular formula is C17H26N8O4. The molecule has 0 spiro atoms. The molecule has 12 heteroatoms. The van der Waals surface area contributed by atoms with E-state index in [4.69, 9.17) is 15.7 Å². The average Bonchev–Trinajstić information content (AvgIpc) is 3.12. The lowest BCUT2D eigenvalue weighted by molar-refractivity contribution is -0.129. The number of aromatic nitrogens is 4. The first-order valence-electron chi connectivity index (χ1n) is 9.59. The number of carbonyl (C=O) groups excluding carboxylic acids is 2. The van der Waals surface area contributed by atoms with Crippen LogP contribution in [0, 0.1) is 0 Å². The van der Waals surface area contributed by atoms with E-state index in [-0.39, 0.29) is 24.8 Å². The SMILES string of the molecule is Nc1nc(N2CCOCC2)c2ncn(CC(=O)NCCCCCC(=O)NO)c2n1. The first kappa shape index (κ1) is 20.7. The van der Waals surface area contributed by atoms with Gasteiger partial charge in [-0.15, -0.1) is 0 Å². The van der Waals surface area contributed by atoms with Crippen LogP contribution in [0.25, 0.3) is 11.2 Å². The van der Waals surface area contributed by atoms with Crippen molar-refractivity contribution in [1.29, 1.82) is 0 Å². The van der Waals surface area contributed by atoms with Crippen LogP contribution < -0.4 is 21.4 Å². The van der Waals surface area contributed by atoms with E-state index in [2.05, 4.69) is 25.2 Å². The molecular weight excluding hydrogens is 380 g/mol. The van der Waals surface area contributed by atoms with Gasteiger partial charge in [-0.2, -0.15) is 9.97 Å². The van der Waals surface area contributed by atoms with Crippen molar-refractivity contribution in [2.45, 2.75) is 32.2 Å². The number of imidazole rings is 1. The van der Waals surface area contributed by atoms with Gasteiger partial charge in [-0.1, -0.05) is 6.42 Å². The summed E-state index contributed by atoms with van der Waals surface area (Å²) in [6.45, 7) is 3.18. The molecule has 29 heavy (non-hydrogen) atoms. The second kappa shape index (κ2) is 9.98. The number of amides is 2. The third kappa shape index (κ3) is 5.51. The number of nitrogens with zero attached hydrogens (tertiary/aromatic N) is 5. The predicted molar refractivity (Wildman–Crippen MR) is 104 cm³/mol. The summed E-state index contributed by atoms with van der Waals surface area (Å²) in [5.41, 5.74) is 8.60. The Morgan fingerprint density at radius 1 is 1.17 bits per heavy atom. The molecule has 2 amide bonds. The van der Waals surface area contributed by atoms with Crippen LogP contribution in [0.5, 0.6) is 0 Å². The molecule has 1 aliphatic heterocycles. The summed E-state index contributed by atoms with van der Waals surface area (Å²) in [4.78, 5) is 38.2. The maximum Gasteiger partial charge on any atom is 0.243 e. The lowest BCUT2D eigenvalue weighted by Crippen LogP contribution is -2.37. The number of unbranched alkanes of at least 4 members (excludes halogenated alkanes) is 2. The molecule has 0 unspecified atom stereocenters. The molecule has 0 aliphatic carbocycles. The number of hydrogen-bond donors (Lipinski definition) is 4. The first-order chi connectivity index (χ1) is 14.1. The van der Waals surface area contributed by atoms with Crippen LogP contribution in [0.1, 0.15) is 25.7 Å². The van der Waals surface area contributed by atoms with Crippen molar-refractivity contribution in [3.63, 3.8) is 0 Å². The number of rotatable bonds is 9. The van der Waals surface area contributed by atoms with Gasteiger partial charge in [0.15, 0.2) is 17.0 Å². The van der Waals surface area contributed by atoms with Gasteiger partial charge in [0.05, 0.1) is 19.5 Å². The zero-order chi connectivity index (χ0) is 20.6. The molecule has 1 saturated heterocycles. The van der Waals surface area contributed by atoms with Gasteiger partial charge >= 0.3 is 0 Å².